The van der Waals surface area contributed by atoms with Gasteiger partial charge in [0.1, 0.15) is 6.04 Å². The average molecular weight is 384 g/mol. The van der Waals surface area contributed by atoms with E-state index in [1.165, 1.54) is 0 Å². The van der Waals surface area contributed by atoms with Crippen molar-refractivity contribution in [2.75, 3.05) is 5.32 Å². The van der Waals surface area contributed by atoms with Crippen LogP contribution in [0.4, 0.5) is 5.69 Å². The molecule has 0 saturated heterocycles. The van der Waals surface area contributed by atoms with Crippen molar-refractivity contribution in [2.24, 2.45) is 0 Å². The Hall–Kier alpha value is -3.93. The first-order valence-corrected chi connectivity index (χ1v) is 9.32. The van der Waals surface area contributed by atoms with Gasteiger partial charge in [-0.1, -0.05) is 36.4 Å². The molecule has 0 aliphatic heterocycles. The highest BCUT2D eigenvalue weighted by Gasteiger charge is 2.23. The minimum Gasteiger partial charge on any atom is -0.361 e. The van der Waals surface area contributed by atoms with E-state index in [0.29, 0.717) is 17.7 Å². The fourth-order valence-corrected chi connectivity index (χ4v) is 3.23. The monoisotopic (exact) mass is 384 g/mol. The molecule has 144 valence electrons. The number of H-pyrrole nitrogens is 1. The lowest BCUT2D eigenvalue weighted by Crippen LogP contribution is -2.45. The lowest BCUT2D eigenvalue weighted by molar-refractivity contribution is -0.118. The van der Waals surface area contributed by atoms with Crippen molar-refractivity contribution in [1.82, 2.24) is 15.3 Å². The Morgan fingerprint density at radius 3 is 2.45 bits per heavy atom. The van der Waals surface area contributed by atoms with Gasteiger partial charge in [-0.05, 0) is 35.9 Å². The molecule has 0 aliphatic rings. The fourth-order valence-electron chi connectivity index (χ4n) is 3.23. The van der Waals surface area contributed by atoms with E-state index in [1.54, 1.807) is 24.5 Å². The zero-order chi connectivity index (χ0) is 20.1. The molecule has 2 aromatic carbocycles. The second-order valence-corrected chi connectivity index (χ2v) is 6.68. The van der Waals surface area contributed by atoms with Gasteiger partial charge in [0.15, 0.2) is 0 Å². The van der Waals surface area contributed by atoms with Gasteiger partial charge in [-0.2, -0.15) is 0 Å². The summed E-state index contributed by atoms with van der Waals surface area (Å²) < 4.78 is 0. The van der Waals surface area contributed by atoms with Gasteiger partial charge in [-0.15, -0.1) is 0 Å². The third kappa shape index (κ3) is 4.32. The highest BCUT2D eigenvalue weighted by atomic mass is 16.2. The Balaban J connectivity index is 1.59. The molecule has 2 heterocycles. The number of fused-ring (bicyclic) bond motifs is 1. The summed E-state index contributed by atoms with van der Waals surface area (Å²) in [5, 5.41) is 6.78. The molecule has 0 bridgehead atoms. The van der Waals surface area contributed by atoms with Crippen molar-refractivity contribution in [1.29, 1.82) is 0 Å². The first kappa shape index (κ1) is 18.4. The zero-order valence-corrected chi connectivity index (χ0v) is 15.6. The minimum atomic E-state index is -0.741. The zero-order valence-electron chi connectivity index (χ0n) is 15.6. The topological polar surface area (TPSA) is 86.9 Å². The van der Waals surface area contributed by atoms with Crippen molar-refractivity contribution in [2.45, 2.75) is 12.5 Å². The third-order valence-corrected chi connectivity index (χ3v) is 4.70. The number of hydrogen-bond donors (Lipinski definition) is 3. The van der Waals surface area contributed by atoms with Gasteiger partial charge in [0.05, 0.1) is 0 Å². The number of amides is 2. The Bertz CT molecular complexity index is 1120. The molecule has 2 amide bonds. The van der Waals surface area contributed by atoms with Crippen molar-refractivity contribution < 1.29 is 9.59 Å². The molecule has 0 unspecified atom stereocenters. The molecule has 1 atom stereocenters. The predicted molar refractivity (Wildman–Crippen MR) is 113 cm³/mol. The summed E-state index contributed by atoms with van der Waals surface area (Å²) in [4.78, 5) is 32.8. The van der Waals surface area contributed by atoms with Crippen molar-refractivity contribution in [3.8, 4) is 0 Å². The second kappa shape index (κ2) is 8.39. The summed E-state index contributed by atoms with van der Waals surface area (Å²) in [6.07, 6.45) is 5.34. The number of benzene rings is 2. The number of aromatic amines is 1. The summed E-state index contributed by atoms with van der Waals surface area (Å²) in [7, 11) is 0. The normalized spacial score (nSPS) is 11.7. The molecule has 0 saturated carbocycles. The molecule has 0 aliphatic carbocycles. The quantitative estimate of drug-likeness (QED) is 0.475. The van der Waals surface area contributed by atoms with Gasteiger partial charge in [-0.3, -0.25) is 14.6 Å². The van der Waals surface area contributed by atoms with Crippen molar-refractivity contribution >= 4 is 28.4 Å². The lowest BCUT2D eigenvalue weighted by Gasteiger charge is -2.18. The molecule has 0 fully saturated rings. The van der Waals surface area contributed by atoms with Gasteiger partial charge in [0.25, 0.3) is 5.91 Å². The maximum absolute atomic E-state index is 13.0. The van der Waals surface area contributed by atoms with Crippen molar-refractivity contribution in [3.05, 3.63) is 96.4 Å². The average Bonchev–Trinajstić information content (AvgIpc) is 3.17. The molecule has 2 aromatic heterocycles. The number of hydrogen-bond acceptors (Lipinski definition) is 3. The summed E-state index contributed by atoms with van der Waals surface area (Å²) in [5.74, 6) is -0.593. The van der Waals surface area contributed by atoms with Crippen LogP contribution in [0.1, 0.15) is 15.9 Å². The first-order chi connectivity index (χ1) is 14.2. The van der Waals surface area contributed by atoms with E-state index in [0.717, 1.165) is 16.5 Å². The summed E-state index contributed by atoms with van der Waals surface area (Å²) in [5.41, 5.74) is 3.09. The van der Waals surface area contributed by atoms with Crippen LogP contribution in [-0.2, 0) is 11.2 Å². The van der Waals surface area contributed by atoms with E-state index < -0.39 is 6.04 Å². The maximum atomic E-state index is 13.0. The van der Waals surface area contributed by atoms with Crippen molar-refractivity contribution in [3.63, 3.8) is 0 Å². The van der Waals surface area contributed by atoms with Crippen LogP contribution in [0.3, 0.4) is 0 Å². The Morgan fingerprint density at radius 1 is 0.931 bits per heavy atom. The summed E-state index contributed by atoms with van der Waals surface area (Å²) >= 11 is 0. The van der Waals surface area contributed by atoms with E-state index >= 15 is 0 Å². The van der Waals surface area contributed by atoms with Crippen LogP contribution in [0.5, 0.6) is 0 Å². The number of nitrogens with zero attached hydrogens (tertiary/aromatic N) is 1. The van der Waals surface area contributed by atoms with Gasteiger partial charge in [0, 0.05) is 47.2 Å². The standard InChI is InChI=1S/C23H20N4O2/c28-22(16-10-12-24-13-11-16)27-21(23(29)26-18-6-2-1-3-7-18)14-17-15-25-20-9-5-4-8-19(17)20/h1-13,15,21,25H,14H2,(H,26,29)(H,27,28)/t21-/m0/s1. The predicted octanol–water partition coefficient (Wildman–Crippen LogP) is 3.54. The Kier molecular flexibility index (Phi) is 5.33. The van der Waals surface area contributed by atoms with Crippen LogP contribution in [0.2, 0.25) is 0 Å². The number of aromatic nitrogens is 2. The molecule has 6 nitrogen and oxygen atoms in total. The van der Waals surface area contributed by atoms with Gasteiger partial charge in [0.2, 0.25) is 5.91 Å². The van der Waals surface area contributed by atoms with Gasteiger partial charge < -0.3 is 15.6 Å². The Labute approximate surface area is 168 Å². The first-order valence-electron chi connectivity index (χ1n) is 9.32. The largest absolute Gasteiger partial charge is 0.361 e. The third-order valence-electron chi connectivity index (χ3n) is 4.70. The number of pyridine rings is 1. The van der Waals surface area contributed by atoms with Gasteiger partial charge >= 0.3 is 0 Å². The molecule has 6 heteroatoms. The van der Waals surface area contributed by atoms with Crippen LogP contribution >= 0.6 is 0 Å². The molecule has 4 aromatic rings. The molecule has 3 N–H and O–H groups in total. The number of carbonyl (C=O) groups excluding carboxylic acids is 2. The number of anilines is 1. The molecule has 29 heavy (non-hydrogen) atoms. The smallest absolute Gasteiger partial charge is 0.252 e. The summed E-state index contributed by atoms with van der Waals surface area (Å²) in [6.45, 7) is 0. The lowest BCUT2D eigenvalue weighted by atomic mass is 10.0. The van der Waals surface area contributed by atoms with Crippen LogP contribution in [0.25, 0.3) is 10.9 Å². The minimum absolute atomic E-state index is 0.274. The van der Waals surface area contributed by atoms with E-state index in [9.17, 15) is 9.59 Å². The number of nitrogens with one attached hydrogen (secondary N) is 3. The number of rotatable bonds is 6. The maximum Gasteiger partial charge on any atom is 0.252 e. The highest BCUT2D eigenvalue weighted by molar-refractivity contribution is 6.01. The fraction of sp³-hybridized carbons (Fsp3) is 0.0870. The van der Waals surface area contributed by atoms with Crippen LogP contribution in [0, 0.1) is 0 Å². The van der Waals surface area contributed by atoms with Crippen LogP contribution in [-0.4, -0.2) is 27.8 Å². The summed E-state index contributed by atoms with van der Waals surface area (Å²) in [6, 6.07) is 19.6. The molecule has 0 radical (unpaired) electrons. The van der Waals surface area contributed by atoms with Gasteiger partial charge in [-0.25, -0.2) is 0 Å². The SMILES string of the molecule is O=C(N[C@@H](Cc1c[nH]c2ccccc12)C(=O)Nc1ccccc1)c1ccncc1. The molecular weight excluding hydrogens is 364 g/mol. The van der Waals surface area contributed by atoms with Crippen LogP contribution in [0.15, 0.2) is 85.3 Å². The molecule has 4 rings (SSSR count). The number of para-hydroxylation sites is 2. The van der Waals surface area contributed by atoms with E-state index in [4.69, 9.17) is 0 Å². The Morgan fingerprint density at radius 2 is 1.66 bits per heavy atom. The second-order valence-electron chi connectivity index (χ2n) is 6.68. The van der Waals surface area contributed by atoms with E-state index in [-0.39, 0.29) is 11.8 Å². The molecular formula is C23H20N4O2. The highest BCUT2D eigenvalue weighted by Crippen LogP contribution is 2.20. The number of carbonyl (C=O) groups is 2. The molecule has 0 spiro atoms. The van der Waals surface area contributed by atoms with Crippen LogP contribution < -0.4 is 10.6 Å². The van der Waals surface area contributed by atoms with E-state index in [2.05, 4.69) is 20.6 Å². The van der Waals surface area contributed by atoms with E-state index in [1.807, 2.05) is 60.8 Å².